The molecule has 1 aliphatic heterocycles. The molecular weight excluding hydrogens is 366 g/mol. The molecule has 0 spiro atoms. The Morgan fingerprint density at radius 2 is 1.81 bits per heavy atom. The number of amides is 1. The van der Waals surface area contributed by atoms with Gasteiger partial charge < -0.3 is 19.5 Å². The zero-order valence-corrected chi connectivity index (χ0v) is 15.6. The second-order valence-electron chi connectivity index (χ2n) is 5.80. The normalized spacial score (nSPS) is 12.3. The number of rotatable bonds is 8. The fourth-order valence-electron chi connectivity index (χ4n) is 2.44. The van der Waals surface area contributed by atoms with Gasteiger partial charge >= 0.3 is 5.97 Å². The fraction of sp³-hybridized carbons (Fsp3) is 0.300. The topological polar surface area (TPSA) is 73.9 Å². The van der Waals surface area contributed by atoms with Crippen LogP contribution in [0.5, 0.6) is 11.5 Å². The molecule has 2 aromatic rings. The molecule has 142 valence electrons. The van der Waals surface area contributed by atoms with Crippen LogP contribution in [0.25, 0.3) is 0 Å². The van der Waals surface area contributed by atoms with Crippen molar-refractivity contribution in [1.29, 1.82) is 0 Å². The SMILES string of the molecule is O=C(COC(=O)c1ccc2c(c1)OCCO2)NCCCSc1ccccc1. The smallest absolute Gasteiger partial charge is 0.338 e. The molecule has 0 aliphatic carbocycles. The molecule has 3 rings (SSSR count). The van der Waals surface area contributed by atoms with Gasteiger partial charge in [0, 0.05) is 11.4 Å². The Balaban J connectivity index is 1.33. The van der Waals surface area contributed by atoms with Gasteiger partial charge in [-0.1, -0.05) is 18.2 Å². The van der Waals surface area contributed by atoms with Gasteiger partial charge in [-0.2, -0.15) is 0 Å². The summed E-state index contributed by atoms with van der Waals surface area (Å²) in [6.07, 6.45) is 0.835. The van der Waals surface area contributed by atoms with E-state index in [0.29, 0.717) is 36.8 Å². The van der Waals surface area contributed by atoms with Gasteiger partial charge in [-0.15, -0.1) is 11.8 Å². The minimum Gasteiger partial charge on any atom is -0.486 e. The number of carbonyl (C=O) groups is 2. The molecule has 0 saturated heterocycles. The average Bonchev–Trinajstić information content (AvgIpc) is 2.72. The van der Waals surface area contributed by atoms with Crippen LogP contribution >= 0.6 is 11.8 Å². The molecule has 0 atom stereocenters. The monoisotopic (exact) mass is 387 g/mol. The Hall–Kier alpha value is -2.67. The van der Waals surface area contributed by atoms with Crippen molar-refractivity contribution in [2.45, 2.75) is 11.3 Å². The number of ether oxygens (including phenoxy) is 3. The van der Waals surface area contributed by atoms with Crippen molar-refractivity contribution in [2.24, 2.45) is 0 Å². The van der Waals surface area contributed by atoms with Gasteiger partial charge in [0.1, 0.15) is 13.2 Å². The number of nitrogens with one attached hydrogen (secondary N) is 1. The van der Waals surface area contributed by atoms with Crippen LogP contribution in [0.15, 0.2) is 53.4 Å². The maximum Gasteiger partial charge on any atom is 0.338 e. The van der Waals surface area contributed by atoms with Crippen molar-refractivity contribution in [3.8, 4) is 11.5 Å². The molecular formula is C20H21NO5S. The van der Waals surface area contributed by atoms with E-state index in [4.69, 9.17) is 14.2 Å². The molecule has 0 bridgehead atoms. The Morgan fingerprint density at radius 1 is 1.04 bits per heavy atom. The standard InChI is InChI=1S/C20H21NO5S/c22-19(21-9-4-12-27-16-5-2-1-3-6-16)14-26-20(23)15-7-8-17-18(13-15)25-11-10-24-17/h1-3,5-8,13H,4,9-12,14H2,(H,21,22). The number of thioether (sulfide) groups is 1. The van der Waals surface area contributed by atoms with E-state index < -0.39 is 5.97 Å². The first-order chi connectivity index (χ1) is 13.2. The number of benzene rings is 2. The Bertz CT molecular complexity index is 781. The third-order valence-electron chi connectivity index (χ3n) is 3.77. The number of hydrogen-bond acceptors (Lipinski definition) is 6. The van der Waals surface area contributed by atoms with Crippen LogP contribution in [0.2, 0.25) is 0 Å². The van der Waals surface area contributed by atoms with E-state index in [1.807, 2.05) is 18.2 Å². The first kappa shape index (κ1) is 19.1. The lowest BCUT2D eigenvalue weighted by Gasteiger charge is -2.18. The largest absolute Gasteiger partial charge is 0.486 e. The minimum atomic E-state index is -0.568. The molecule has 0 fully saturated rings. The van der Waals surface area contributed by atoms with Crippen molar-refractivity contribution >= 4 is 23.6 Å². The summed E-state index contributed by atoms with van der Waals surface area (Å²) >= 11 is 1.74. The quantitative estimate of drug-likeness (QED) is 0.427. The van der Waals surface area contributed by atoms with Crippen LogP contribution in [-0.2, 0) is 9.53 Å². The second-order valence-corrected chi connectivity index (χ2v) is 6.97. The highest BCUT2D eigenvalue weighted by Gasteiger charge is 2.16. The summed E-state index contributed by atoms with van der Waals surface area (Å²) in [6.45, 7) is 1.16. The Morgan fingerprint density at radius 3 is 2.63 bits per heavy atom. The first-order valence-electron chi connectivity index (χ1n) is 8.74. The molecule has 1 aliphatic rings. The van der Waals surface area contributed by atoms with E-state index in [0.717, 1.165) is 12.2 Å². The van der Waals surface area contributed by atoms with E-state index in [1.165, 1.54) is 4.90 Å². The molecule has 2 aromatic carbocycles. The average molecular weight is 387 g/mol. The summed E-state index contributed by atoms with van der Waals surface area (Å²) < 4.78 is 15.9. The molecule has 1 heterocycles. The van der Waals surface area contributed by atoms with E-state index in [2.05, 4.69) is 17.4 Å². The van der Waals surface area contributed by atoms with E-state index >= 15 is 0 Å². The zero-order valence-electron chi connectivity index (χ0n) is 14.8. The zero-order chi connectivity index (χ0) is 18.9. The molecule has 0 unspecified atom stereocenters. The van der Waals surface area contributed by atoms with Gasteiger partial charge in [0.25, 0.3) is 5.91 Å². The summed E-state index contributed by atoms with van der Waals surface area (Å²) in [5.41, 5.74) is 0.325. The summed E-state index contributed by atoms with van der Waals surface area (Å²) in [7, 11) is 0. The predicted octanol–water partition coefficient (Wildman–Crippen LogP) is 2.91. The van der Waals surface area contributed by atoms with Gasteiger partial charge in [-0.3, -0.25) is 4.79 Å². The molecule has 0 aromatic heterocycles. The predicted molar refractivity (Wildman–Crippen MR) is 103 cm³/mol. The van der Waals surface area contributed by atoms with Crippen LogP contribution in [0.1, 0.15) is 16.8 Å². The van der Waals surface area contributed by atoms with Gasteiger partial charge in [0.2, 0.25) is 0 Å². The minimum absolute atomic E-state index is 0.306. The highest BCUT2D eigenvalue weighted by atomic mass is 32.2. The van der Waals surface area contributed by atoms with Crippen molar-refractivity contribution in [3.05, 3.63) is 54.1 Å². The molecule has 1 N–H and O–H groups in total. The third kappa shape index (κ3) is 5.92. The first-order valence-corrected chi connectivity index (χ1v) is 9.72. The van der Waals surface area contributed by atoms with Gasteiger partial charge in [0.05, 0.1) is 5.56 Å². The van der Waals surface area contributed by atoms with Crippen LogP contribution in [0.3, 0.4) is 0 Å². The lowest BCUT2D eigenvalue weighted by molar-refractivity contribution is -0.124. The van der Waals surface area contributed by atoms with Crippen LogP contribution in [-0.4, -0.2) is 44.0 Å². The molecule has 6 nitrogen and oxygen atoms in total. The van der Waals surface area contributed by atoms with Crippen molar-refractivity contribution < 1.29 is 23.8 Å². The molecule has 1 amide bonds. The van der Waals surface area contributed by atoms with E-state index in [-0.39, 0.29) is 12.5 Å². The third-order valence-corrected chi connectivity index (χ3v) is 4.87. The summed E-state index contributed by atoms with van der Waals surface area (Å²) in [4.78, 5) is 25.1. The summed E-state index contributed by atoms with van der Waals surface area (Å²) in [5, 5.41) is 2.75. The molecule has 27 heavy (non-hydrogen) atoms. The summed E-state index contributed by atoms with van der Waals surface area (Å²) in [5.74, 6) is 1.13. The van der Waals surface area contributed by atoms with Crippen LogP contribution < -0.4 is 14.8 Å². The van der Waals surface area contributed by atoms with Crippen molar-refractivity contribution in [1.82, 2.24) is 5.32 Å². The van der Waals surface area contributed by atoms with Crippen LogP contribution in [0, 0.1) is 0 Å². The van der Waals surface area contributed by atoms with Crippen molar-refractivity contribution in [2.75, 3.05) is 32.1 Å². The lowest BCUT2D eigenvalue weighted by Crippen LogP contribution is -2.29. The van der Waals surface area contributed by atoms with E-state index in [1.54, 1.807) is 30.0 Å². The fourth-order valence-corrected chi connectivity index (χ4v) is 3.32. The van der Waals surface area contributed by atoms with Crippen molar-refractivity contribution in [3.63, 3.8) is 0 Å². The number of hydrogen-bond donors (Lipinski definition) is 1. The van der Waals surface area contributed by atoms with E-state index in [9.17, 15) is 9.59 Å². The number of fused-ring (bicyclic) bond motifs is 1. The van der Waals surface area contributed by atoms with Gasteiger partial charge in [-0.25, -0.2) is 4.79 Å². The maximum atomic E-state index is 12.1. The maximum absolute atomic E-state index is 12.1. The molecule has 0 saturated carbocycles. The second kappa shape index (κ2) is 9.87. The highest BCUT2D eigenvalue weighted by Crippen LogP contribution is 2.30. The Kier molecular flexibility index (Phi) is 6.98. The number of esters is 1. The molecule has 7 heteroatoms. The lowest BCUT2D eigenvalue weighted by atomic mass is 10.2. The summed E-state index contributed by atoms with van der Waals surface area (Å²) in [6, 6.07) is 14.9. The number of carbonyl (C=O) groups excluding carboxylic acids is 2. The molecule has 0 radical (unpaired) electrons. The Labute approximate surface area is 162 Å². The van der Waals surface area contributed by atoms with Gasteiger partial charge in [0.15, 0.2) is 18.1 Å². The highest BCUT2D eigenvalue weighted by molar-refractivity contribution is 7.99. The van der Waals surface area contributed by atoms with Crippen LogP contribution in [0.4, 0.5) is 0 Å². The van der Waals surface area contributed by atoms with Gasteiger partial charge in [-0.05, 0) is 42.5 Å².